The standard InChI is InChI=1S/C18H15NO3S/c1-14-16(13-20)12-19(18(14)15-8-4-2-5-9-15)23(21,22)17-10-6-3-7-11-17/h2-13H,1H3. The summed E-state index contributed by atoms with van der Waals surface area (Å²) in [7, 11) is -3.77. The van der Waals surface area contributed by atoms with Crippen molar-refractivity contribution in [3.8, 4) is 11.3 Å². The highest BCUT2D eigenvalue weighted by atomic mass is 32.2. The van der Waals surface area contributed by atoms with E-state index in [9.17, 15) is 13.2 Å². The molecule has 116 valence electrons. The summed E-state index contributed by atoms with van der Waals surface area (Å²) in [6.07, 6.45) is 2.06. The van der Waals surface area contributed by atoms with E-state index >= 15 is 0 Å². The molecular formula is C18H15NO3S. The number of hydrogen-bond donors (Lipinski definition) is 0. The van der Waals surface area contributed by atoms with Crippen LogP contribution in [0.4, 0.5) is 0 Å². The fraction of sp³-hybridized carbons (Fsp3) is 0.0556. The van der Waals surface area contributed by atoms with E-state index < -0.39 is 10.0 Å². The Morgan fingerprint density at radius 2 is 1.48 bits per heavy atom. The number of benzene rings is 2. The smallest absolute Gasteiger partial charge is 0.268 e. The van der Waals surface area contributed by atoms with Crippen LogP contribution in [0.5, 0.6) is 0 Å². The highest BCUT2D eigenvalue weighted by Crippen LogP contribution is 2.30. The maximum atomic E-state index is 13.0. The molecule has 1 aromatic heterocycles. The van der Waals surface area contributed by atoms with Gasteiger partial charge in [0.15, 0.2) is 6.29 Å². The Morgan fingerprint density at radius 1 is 0.913 bits per heavy atom. The van der Waals surface area contributed by atoms with Gasteiger partial charge in [0.25, 0.3) is 10.0 Å². The lowest BCUT2D eigenvalue weighted by Crippen LogP contribution is -2.13. The van der Waals surface area contributed by atoms with Crippen LogP contribution >= 0.6 is 0 Å². The summed E-state index contributed by atoms with van der Waals surface area (Å²) < 4.78 is 27.1. The molecule has 23 heavy (non-hydrogen) atoms. The predicted molar refractivity (Wildman–Crippen MR) is 89.0 cm³/mol. The lowest BCUT2D eigenvalue weighted by atomic mass is 10.1. The number of carbonyl (C=O) groups is 1. The zero-order chi connectivity index (χ0) is 16.4. The molecule has 0 amide bonds. The van der Waals surface area contributed by atoms with Crippen molar-refractivity contribution in [1.29, 1.82) is 0 Å². The van der Waals surface area contributed by atoms with Crippen LogP contribution in [0.25, 0.3) is 11.3 Å². The molecule has 0 unspecified atom stereocenters. The van der Waals surface area contributed by atoms with Gasteiger partial charge in [0.1, 0.15) is 0 Å². The number of aldehydes is 1. The molecule has 0 N–H and O–H groups in total. The Bertz CT molecular complexity index is 943. The largest absolute Gasteiger partial charge is 0.298 e. The van der Waals surface area contributed by atoms with Gasteiger partial charge in [-0.2, -0.15) is 0 Å². The van der Waals surface area contributed by atoms with Gasteiger partial charge in [-0.15, -0.1) is 0 Å². The van der Waals surface area contributed by atoms with Crippen molar-refractivity contribution in [1.82, 2.24) is 3.97 Å². The van der Waals surface area contributed by atoms with E-state index in [-0.39, 0.29) is 4.90 Å². The van der Waals surface area contributed by atoms with Gasteiger partial charge in [-0.1, -0.05) is 48.5 Å². The lowest BCUT2D eigenvalue weighted by molar-refractivity contribution is 0.112. The number of rotatable bonds is 4. The molecule has 0 fully saturated rings. The molecule has 0 aliphatic heterocycles. The highest BCUT2D eigenvalue weighted by Gasteiger charge is 2.24. The molecule has 2 aromatic carbocycles. The molecule has 0 radical (unpaired) electrons. The van der Waals surface area contributed by atoms with Crippen molar-refractivity contribution in [2.75, 3.05) is 0 Å². The quantitative estimate of drug-likeness (QED) is 0.690. The van der Waals surface area contributed by atoms with Crippen LogP contribution in [-0.2, 0) is 10.0 Å². The third-order valence-electron chi connectivity index (χ3n) is 3.74. The molecule has 3 rings (SSSR count). The van der Waals surface area contributed by atoms with Crippen LogP contribution in [0.3, 0.4) is 0 Å². The second kappa shape index (κ2) is 5.85. The van der Waals surface area contributed by atoms with Crippen molar-refractivity contribution in [3.05, 3.63) is 78.0 Å². The van der Waals surface area contributed by atoms with E-state index in [1.54, 1.807) is 37.3 Å². The van der Waals surface area contributed by atoms with Gasteiger partial charge in [-0.05, 0) is 30.2 Å². The second-order valence-corrected chi connectivity index (χ2v) is 6.97. The molecule has 1 heterocycles. The highest BCUT2D eigenvalue weighted by molar-refractivity contribution is 7.90. The molecule has 0 saturated heterocycles. The van der Waals surface area contributed by atoms with E-state index in [1.807, 2.05) is 30.3 Å². The molecule has 0 bridgehead atoms. The molecule has 0 aliphatic rings. The van der Waals surface area contributed by atoms with E-state index in [4.69, 9.17) is 0 Å². The van der Waals surface area contributed by atoms with Crippen molar-refractivity contribution >= 4 is 16.3 Å². The third-order valence-corrected chi connectivity index (χ3v) is 5.41. The second-order valence-electron chi connectivity index (χ2n) is 5.16. The molecule has 0 aliphatic carbocycles. The van der Waals surface area contributed by atoms with Crippen molar-refractivity contribution in [3.63, 3.8) is 0 Å². The Labute approximate surface area is 135 Å². The van der Waals surface area contributed by atoms with Gasteiger partial charge >= 0.3 is 0 Å². The third kappa shape index (κ3) is 2.59. The van der Waals surface area contributed by atoms with E-state index in [2.05, 4.69) is 0 Å². The summed E-state index contributed by atoms with van der Waals surface area (Å²) in [5, 5.41) is 0. The number of carbonyl (C=O) groups excluding carboxylic acids is 1. The molecular weight excluding hydrogens is 310 g/mol. The molecule has 0 atom stereocenters. The topological polar surface area (TPSA) is 56.1 Å². The van der Waals surface area contributed by atoms with Crippen LogP contribution in [0.15, 0.2) is 71.8 Å². The number of aromatic nitrogens is 1. The number of nitrogens with zero attached hydrogens (tertiary/aromatic N) is 1. The fourth-order valence-corrected chi connectivity index (χ4v) is 4.01. The molecule has 5 heteroatoms. The van der Waals surface area contributed by atoms with Crippen molar-refractivity contribution < 1.29 is 13.2 Å². The first-order chi connectivity index (χ1) is 11.1. The minimum absolute atomic E-state index is 0.185. The Hall–Kier alpha value is -2.66. The number of hydrogen-bond acceptors (Lipinski definition) is 3. The summed E-state index contributed by atoms with van der Waals surface area (Å²) in [5.74, 6) is 0. The maximum absolute atomic E-state index is 13.0. The van der Waals surface area contributed by atoms with E-state index in [0.29, 0.717) is 23.1 Å². The first kappa shape index (κ1) is 15.2. The molecule has 0 spiro atoms. The van der Waals surface area contributed by atoms with E-state index in [1.165, 1.54) is 10.2 Å². The normalized spacial score (nSPS) is 11.3. The Kier molecular flexibility index (Phi) is 3.88. The van der Waals surface area contributed by atoms with Crippen LogP contribution in [-0.4, -0.2) is 18.7 Å². The average molecular weight is 325 g/mol. The Balaban J connectivity index is 2.31. The summed E-state index contributed by atoms with van der Waals surface area (Å²) in [5.41, 5.74) is 2.27. The molecule has 4 nitrogen and oxygen atoms in total. The first-order valence-electron chi connectivity index (χ1n) is 7.09. The summed E-state index contributed by atoms with van der Waals surface area (Å²) in [6.45, 7) is 1.75. The summed E-state index contributed by atoms with van der Waals surface area (Å²) >= 11 is 0. The first-order valence-corrected chi connectivity index (χ1v) is 8.53. The van der Waals surface area contributed by atoms with Gasteiger partial charge in [0.05, 0.1) is 10.6 Å². The van der Waals surface area contributed by atoms with Gasteiger partial charge in [-0.25, -0.2) is 12.4 Å². The van der Waals surface area contributed by atoms with Crippen LogP contribution in [0.1, 0.15) is 15.9 Å². The van der Waals surface area contributed by atoms with Gasteiger partial charge in [0, 0.05) is 11.8 Å². The lowest BCUT2D eigenvalue weighted by Gasteiger charge is -2.11. The summed E-state index contributed by atoms with van der Waals surface area (Å²) in [4.78, 5) is 11.5. The zero-order valence-corrected chi connectivity index (χ0v) is 13.3. The monoisotopic (exact) mass is 325 g/mol. The molecule has 3 aromatic rings. The SMILES string of the molecule is Cc1c(C=O)cn(S(=O)(=O)c2ccccc2)c1-c1ccccc1. The van der Waals surface area contributed by atoms with Gasteiger partial charge < -0.3 is 0 Å². The van der Waals surface area contributed by atoms with Crippen LogP contribution in [0, 0.1) is 6.92 Å². The zero-order valence-electron chi connectivity index (χ0n) is 12.5. The average Bonchev–Trinajstić information content (AvgIpc) is 2.94. The maximum Gasteiger partial charge on any atom is 0.268 e. The predicted octanol–water partition coefficient (Wildman–Crippen LogP) is 3.51. The minimum atomic E-state index is -3.77. The van der Waals surface area contributed by atoms with Gasteiger partial charge in [-0.3, -0.25) is 4.79 Å². The van der Waals surface area contributed by atoms with Crippen molar-refractivity contribution in [2.24, 2.45) is 0 Å². The Morgan fingerprint density at radius 3 is 2.04 bits per heavy atom. The fourth-order valence-electron chi connectivity index (χ4n) is 2.54. The molecule has 0 saturated carbocycles. The van der Waals surface area contributed by atoms with Gasteiger partial charge in [0.2, 0.25) is 0 Å². The van der Waals surface area contributed by atoms with Crippen molar-refractivity contribution in [2.45, 2.75) is 11.8 Å². The minimum Gasteiger partial charge on any atom is -0.298 e. The van der Waals surface area contributed by atoms with E-state index in [0.717, 1.165) is 5.56 Å². The van der Waals surface area contributed by atoms with Crippen LogP contribution in [0.2, 0.25) is 0 Å². The van der Waals surface area contributed by atoms with Crippen LogP contribution < -0.4 is 0 Å². The summed E-state index contributed by atoms with van der Waals surface area (Å²) in [6, 6.07) is 17.4.